The lowest BCUT2D eigenvalue weighted by molar-refractivity contribution is -0.135. The highest BCUT2D eigenvalue weighted by Gasteiger charge is 2.29. The number of hydrogen-bond acceptors (Lipinski definition) is 4. The van der Waals surface area contributed by atoms with Crippen molar-refractivity contribution in [1.82, 2.24) is 14.4 Å². The summed E-state index contributed by atoms with van der Waals surface area (Å²) >= 11 is 0. The second kappa shape index (κ2) is 15.4. The molecule has 2 amide bonds. The van der Waals surface area contributed by atoms with E-state index in [-0.39, 0.29) is 30.2 Å². The van der Waals surface area contributed by atoms with Crippen molar-refractivity contribution in [3.05, 3.63) is 89.5 Å². The van der Waals surface area contributed by atoms with Gasteiger partial charge in [0.2, 0.25) is 5.91 Å². The molecule has 8 heteroatoms. The lowest BCUT2D eigenvalue weighted by atomic mass is 9.94. The minimum absolute atomic E-state index is 0.00611. The van der Waals surface area contributed by atoms with Crippen molar-refractivity contribution in [2.45, 2.75) is 64.6 Å². The van der Waals surface area contributed by atoms with Crippen molar-refractivity contribution < 1.29 is 23.5 Å². The number of halogens is 1. The maximum atomic E-state index is 14.0. The van der Waals surface area contributed by atoms with E-state index in [1.807, 2.05) is 30.2 Å². The molecule has 0 atom stereocenters. The molecule has 41 heavy (non-hydrogen) atoms. The molecule has 1 aliphatic carbocycles. The molecule has 0 bridgehead atoms. The fraction of sp³-hybridized carbons (Fsp3) is 0.455. The minimum atomic E-state index is -0.259. The number of amides is 2. The lowest BCUT2D eigenvalue weighted by Gasteiger charge is -2.36. The van der Waals surface area contributed by atoms with Gasteiger partial charge in [-0.25, -0.2) is 4.39 Å². The van der Waals surface area contributed by atoms with Gasteiger partial charge in [0.15, 0.2) is 0 Å². The van der Waals surface area contributed by atoms with Gasteiger partial charge in [0.1, 0.15) is 18.1 Å². The van der Waals surface area contributed by atoms with Crippen molar-refractivity contribution in [3.63, 3.8) is 0 Å². The second-order valence-corrected chi connectivity index (χ2v) is 10.6. The predicted octanol–water partition coefficient (Wildman–Crippen LogP) is 5.91. The summed E-state index contributed by atoms with van der Waals surface area (Å²) in [4.78, 5) is 31.3. The first-order valence-electron chi connectivity index (χ1n) is 14.7. The molecule has 220 valence electrons. The van der Waals surface area contributed by atoms with Crippen molar-refractivity contribution >= 4 is 11.8 Å². The highest BCUT2D eigenvalue weighted by atomic mass is 19.1. The number of ether oxygens (including phenoxy) is 2. The summed E-state index contributed by atoms with van der Waals surface area (Å²) in [6.45, 7) is 4.56. The zero-order chi connectivity index (χ0) is 29.0. The summed E-state index contributed by atoms with van der Waals surface area (Å²) in [6, 6.07) is 17.7. The van der Waals surface area contributed by atoms with Gasteiger partial charge in [-0.3, -0.25) is 9.59 Å². The van der Waals surface area contributed by atoms with Crippen LogP contribution in [0.5, 0.6) is 5.75 Å². The molecule has 0 spiro atoms. The van der Waals surface area contributed by atoms with E-state index in [1.54, 1.807) is 48.4 Å². The number of rotatable bonds is 14. The number of nitrogens with zero attached hydrogens (tertiary/aromatic N) is 3. The Kier molecular flexibility index (Phi) is 11.4. The van der Waals surface area contributed by atoms with Crippen molar-refractivity contribution in [1.29, 1.82) is 0 Å². The number of hydrogen-bond donors (Lipinski definition) is 0. The van der Waals surface area contributed by atoms with Crippen LogP contribution in [0.3, 0.4) is 0 Å². The van der Waals surface area contributed by atoms with Crippen LogP contribution in [0.25, 0.3) is 0 Å². The van der Waals surface area contributed by atoms with E-state index in [1.165, 1.54) is 18.6 Å². The fourth-order valence-electron chi connectivity index (χ4n) is 5.45. The van der Waals surface area contributed by atoms with Crippen molar-refractivity contribution in [3.8, 4) is 5.75 Å². The van der Waals surface area contributed by atoms with Gasteiger partial charge in [-0.05, 0) is 80.3 Å². The van der Waals surface area contributed by atoms with Crippen LogP contribution < -0.4 is 4.74 Å². The van der Waals surface area contributed by atoms with Crippen LogP contribution in [0.4, 0.5) is 4.39 Å². The Morgan fingerprint density at radius 3 is 2.41 bits per heavy atom. The standard InChI is InChI=1S/C33H42FN3O4/c1-3-41-22-8-21-36(33(39)27-14-18-31(40-2)19-15-27)25-32(38)37(29-9-5-4-6-10-29)24-30-11-7-20-35(30)23-26-12-16-28(34)17-13-26/h7,11-20,29H,3-6,8-10,21-25H2,1-2H3. The molecular weight excluding hydrogens is 521 g/mol. The average Bonchev–Trinajstić information content (AvgIpc) is 3.45. The first-order valence-corrected chi connectivity index (χ1v) is 14.7. The number of carbonyl (C=O) groups excluding carboxylic acids is 2. The molecule has 1 heterocycles. The highest BCUT2D eigenvalue weighted by Crippen LogP contribution is 2.25. The average molecular weight is 564 g/mol. The maximum Gasteiger partial charge on any atom is 0.254 e. The van der Waals surface area contributed by atoms with Gasteiger partial charge in [-0.15, -0.1) is 0 Å². The highest BCUT2D eigenvalue weighted by molar-refractivity contribution is 5.96. The Bertz CT molecular complexity index is 1240. The molecular formula is C33H42FN3O4. The molecule has 1 fully saturated rings. The smallest absolute Gasteiger partial charge is 0.254 e. The summed E-state index contributed by atoms with van der Waals surface area (Å²) in [5, 5.41) is 0. The number of methoxy groups -OCH3 is 1. The SMILES string of the molecule is CCOCCCN(CC(=O)N(Cc1cccn1Cc1ccc(F)cc1)C1CCCCC1)C(=O)c1ccc(OC)cc1. The van der Waals surface area contributed by atoms with Gasteiger partial charge < -0.3 is 23.8 Å². The summed E-state index contributed by atoms with van der Waals surface area (Å²) in [7, 11) is 1.59. The maximum absolute atomic E-state index is 14.0. The molecule has 0 aliphatic heterocycles. The van der Waals surface area contributed by atoms with E-state index in [9.17, 15) is 14.0 Å². The van der Waals surface area contributed by atoms with Gasteiger partial charge in [-0.1, -0.05) is 31.4 Å². The number of aromatic nitrogens is 1. The van der Waals surface area contributed by atoms with E-state index < -0.39 is 0 Å². The molecule has 1 aromatic heterocycles. The fourth-order valence-corrected chi connectivity index (χ4v) is 5.45. The summed E-state index contributed by atoms with van der Waals surface area (Å²) < 4.78 is 26.3. The quantitative estimate of drug-likeness (QED) is 0.229. The molecule has 1 aliphatic rings. The molecule has 4 rings (SSSR count). The Balaban J connectivity index is 1.53. The van der Waals surface area contributed by atoms with E-state index in [0.29, 0.717) is 50.6 Å². The van der Waals surface area contributed by atoms with Crippen molar-refractivity contribution in [2.75, 3.05) is 33.4 Å². The minimum Gasteiger partial charge on any atom is -0.497 e. The molecule has 0 saturated heterocycles. The molecule has 0 radical (unpaired) electrons. The molecule has 7 nitrogen and oxygen atoms in total. The van der Waals surface area contributed by atoms with Crippen LogP contribution in [0.2, 0.25) is 0 Å². The summed E-state index contributed by atoms with van der Waals surface area (Å²) in [6.07, 6.45) is 7.92. The van der Waals surface area contributed by atoms with Gasteiger partial charge >= 0.3 is 0 Å². The van der Waals surface area contributed by atoms with Crippen LogP contribution in [-0.2, 0) is 22.6 Å². The molecule has 2 aromatic carbocycles. The summed E-state index contributed by atoms with van der Waals surface area (Å²) in [5.41, 5.74) is 2.52. The lowest BCUT2D eigenvalue weighted by Crippen LogP contribution is -2.48. The topological polar surface area (TPSA) is 64.0 Å². The van der Waals surface area contributed by atoms with Crippen LogP contribution >= 0.6 is 0 Å². The third-order valence-electron chi connectivity index (χ3n) is 7.73. The zero-order valence-corrected chi connectivity index (χ0v) is 24.3. The monoisotopic (exact) mass is 563 g/mol. The van der Waals surface area contributed by atoms with Crippen LogP contribution in [0.15, 0.2) is 66.9 Å². The first kappa shape index (κ1) is 30.3. The van der Waals surface area contributed by atoms with E-state index >= 15 is 0 Å². The predicted molar refractivity (Wildman–Crippen MR) is 157 cm³/mol. The molecule has 1 saturated carbocycles. The molecule has 0 unspecified atom stereocenters. The normalized spacial score (nSPS) is 13.6. The Labute approximate surface area is 242 Å². The van der Waals surface area contributed by atoms with Crippen LogP contribution in [0, 0.1) is 5.82 Å². The third-order valence-corrected chi connectivity index (χ3v) is 7.73. The zero-order valence-electron chi connectivity index (χ0n) is 24.3. The second-order valence-electron chi connectivity index (χ2n) is 10.6. The van der Waals surface area contributed by atoms with Gasteiger partial charge in [-0.2, -0.15) is 0 Å². The Hall–Kier alpha value is -3.65. The number of benzene rings is 2. The Morgan fingerprint density at radius 2 is 1.73 bits per heavy atom. The number of carbonyl (C=O) groups is 2. The van der Waals surface area contributed by atoms with Gasteiger partial charge in [0.05, 0.1) is 13.7 Å². The Morgan fingerprint density at radius 1 is 1.00 bits per heavy atom. The van der Waals surface area contributed by atoms with Crippen molar-refractivity contribution in [2.24, 2.45) is 0 Å². The summed E-state index contributed by atoms with van der Waals surface area (Å²) in [5.74, 6) is 0.184. The largest absolute Gasteiger partial charge is 0.497 e. The molecule has 0 N–H and O–H groups in total. The molecule has 3 aromatic rings. The van der Waals surface area contributed by atoms with Gasteiger partial charge in [0.25, 0.3) is 5.91 Å². The van der Waals surface area contributed by atoms with E-state index in [4.69, 9.17) is 9.47 Å². The van der Waals surface area contributed by atoms with Gasteiger partial charge in [0, 0.05) is 49.8 Å². The van der Waals surface area contributed by atoms with Crippen LogP contribution in [-0.4, -0.2) is 65.6 Å². The first-order chi connectivity index (χ1) is 20.0. The third kappa shape index (κ3) is 8.67. The van der Waals surface area contributed by atoms with E-state index in [2.05, 4.69) is 4.57 Å². The van der Waals surface area contributed by atoms with E-state index in [0.717, 1.165) is 36.9 Å². The van der Waals surface area contributed by atoms with Crippen LogP contribution in [0.1, 0.15) is 67.1 Å².